The summed E-state index contributed by atoms with van der Waals surface area (Å²) in [7, 11) is 0. The summed E-state index contributed by atoms with van der Waals surface area (Å²) in [5.74, 6) is 1.02. The van der Waals surface area contributed by atoms with Crippen LogP contribution in [0.1, 0.15) is 56.2 Å². The van der Waals surface area contributed by atoms with Crippen LogP contribution < -0.4 is 0 Å². The Morgan fingerprint density at radius 1 is 0.737 bits per heavy atom. The first-order valence-corrected chi connectivity index (χ1v) is 7.06. The summed E-state index contributed by atoms with van der Waals surface area (Å²) in [4.78, 5) is 0. The van der Waals surface area contributed by atoms with E-state index in [1.807, 2.05) is 0 Å². The molecule has 0 aliphatic heterocycles. The van der Waals surface area contributed by atoms with Gasteiger partial charge in [0.2, 0.25) is 0 Å². The van der Waals surface area contributed by atoms with Gasteiger partial charge >= 0.3 is 0 Å². The topological polar surface area (TPSA) is 0 Å². The molecule has 0 heteroatoms. The van der Waals surface area contributed by atoms with Crippen LogP contribution in [-0.4, -0.2) is 0 Å². The van der Waals surface area contributed by atoms with Gasteiger partial charge in [-0.15, -0.1) is 0 Å². The second kappa shape index (κ2) is 5.61. The minimum Gasteiger partial charge on any atom is -0.0622 e. The first kappa shape index (κ1) is 13.9. The molecule has 0 bridgehead atoms. The first-order valence-electron chi connectivity index (χ1n) is 7.06. The van der Waals surface area contributed by atoms with Gasteiger partial charge in [0.15, 0.2) is 0 Å². The SMILES string of the molecule is [CH2]c1c(C(C)C)cc(-c2ccccc2)cc1C(C)C. The van der Waals surface area contributed by atoms with Crippen molar-refractivity contribution in [3.8, 4) is 11.1 Å². The predicted octanol–water partition coefficient (Wildman–Crippen LogP) is 5.78. The van der Waals surface area contributed by atoms with E-state index < -0.39 is 0 Å². The van der Waals surface area contributed by atoms with Crippen LogP contribution in [0.25, 0.3) is 11.1 Å². The third-order valence-corrected chi connectivity index (χ3v) is 3.67. The van der Waals surface area contributed by atoms with Crippen LogP contribution in [0.2, 0.25) is 0 Å². The first-order chi connectivity index (χ1) is 9.00. The van der Waals surface area contributed by atoms with Crippen molar-refractivity contribution < 1.29 is 0 Å². The minimum absolute atomic E-state index is 0.508. The standard InChI is InChI=1S/C19H23/c1-13(2)18-11-17(16-9-7-6-8-10-16)12-19(14(3)4)15(18)5/h6-14H,5H2,1-4H3. The lowest BCUT2D eigenvalue weighted by atomic mass is 9.86. The normalized spacial score (nSPS) is 11.3. The number of benzene rings is 2. The molecule has 2 aromatic rings. The molecule has 0 aromatic heterocycles. The van der Waals surface area contributed by atoms with Gasteiger partial charge in [-0.1, -0.05) is 70.2 Å². The van der Waals surface area contributed by atoms with Crippen LogP contribution in [0, 0.1) is 6.92 Å². The van der Waals surface area contributed by atoms with E-state index in [1.54, 1.807) is 0 Å². The molecule has 0 spiro atoms. The maximum absolute atomic E-state index is 4.30. The molecule has 0 aliphatic rings. The quantitative estimate of drug-likeness (QED) is 0.648. The van der Waals surface area contributed by atoms with Crippen LogP contribution in [0.5, 0.6) is 0 Å². The largest absolute Gasteiger partial charge is 0.0622 e. The van der Waals surface area contributed by atoms with Crippen molar-refractivity contribution in [3.63, 3.8) is 0 Å². The Morgan fingerprint density at radius 3 is 1.63 bits per heavy atom. The van der Waals surface area contributed by atoms with Crippen molar-refractivity contribution in [2.24, 2.45) is 0 Å². The van der Waals surface area contributed by atoms with Gasteiger partial charge in [-0.25, -0.2) is 0 Å². The molecule has 0 atom stereocenters. The smallest absolute Gasteiger partial charge is 0.0178 e. The molecule has 0 N–H and O–H groups in total. The van der Waals surface area contributed by atoms with Crippen LogP contribution in [0.3, 0.4) is 0 Å². The summed E-state index contributed by atoms with van der Waals surface area (Å²) >= 11 is 0. The minimum atomic E-state index is 0.508. The molecule has 0 aliphatic carbocycles. The van der Waals surface area contributed by atoms with Gasteiger partial charge in [0.05, 0.1) is 0 Å². The van der Waals surface area contributed by atoms with Gasteiger partial charge in [0, 0.05) is 0 Å². The van der Waals surface area contributed by atoms with E-state index in [0.29, 0.717) is 11.8 Å². The second-order valence-electron chi connectivity index (χ2n) is 5.81. The van der Waals surface area contributed by atoms with E-state index in [1.165, 1.54) is 27.8 Å². The van der Waals surface area contributed by atoms with E-state index in [4.69, 9.17) is 0 Å². The average Bonchev–Trinajstić information content (AvgIpc) is 2.39. The second-order valence-corrected chi connectivity index (χ2v) is 5.81. The van der Waals surface area contributed by atoms with E-state index >= 15 is 0 Å². The molecule has 0 amide bonds. The molecule has 0 unspecified atom stereocenters. The monoisotopic (exact) mass is 251 g/mol. The number of hydrogen-bond donors (Lipinski definition) is 0. The van der Waals surface area contributed by atoms with Crippen molar-refractivity contribution in [1.29, 1.82) is 0 Å². The lowest BCUT2D eigenvalue weighted by molar-refractivity contribution is 0.826. The maximum Gasteiger partial charge on any atom is -0.0178 e. The lowest BCUT2D eigenvalue weighted by Crippen LogP contribution is -2.00. The molecule has 2 rings (SSSR count). The Morgan fingerprint density at radius 2 is 1.21 bits per heavy atom. The Kier molecular flexibility index (Phi) is 4.09. The predicted molar refractivity (Wildman–Crippen MR) is 84.5 cm³/mol. The highest BCUT2D eigenvalue weighted by Crippen LogP contribution is 2.32. The summed E-state index contributed by atoms with van der Waals surface area (Å²) in [5.41, 5.74) is 6.53. The lowest BCUT2D eigenvalue weighted by Gasteiger charge is -2.19. The van der Waals surface area contributed by atoms with Gasteiger partial charge < -0.3 is 0 Å². The Balaban J connectivity index is 2.63. The molecule has 19 heavy (non-hydrogen) atoms. The van der Waals surface area contributed by atoms with Gasteiger partial charge in [-0.3, -0.25) is 0 Å². The van der Waals surface area contributed by atoms with Crippen LogP contribution >= 0.6 is 0 Å². The third kappa shape index (κ3) is 2.89. The average molecular weight is 251 g/mol. The van der Waals surface area contributed by atoms with Gasteiger partial charge in [-0.2, -0.15) is 0 Å². The van der Waals surface area contributed by atoms with E-state index in [9.17, 15) is 0 Å². The van der Waals surface area contributed by atoms with Gasteiger partial charge in [0.1, 0.15) is 0 Å². The highest BCUT2D eigenvalue weighted by Gasteiger charge is 2.13. The summed E-state index contributed by atoms with van der Waals surface area (Å²) in [5, 5.41) is 0. The molecule has 1 radical (unpaired) electrons. The Bertz CT molecular complexity index is 519. The highest BCUT2D eigenvalue weighted by molar-refractivity contribution is 5.67. The van der Waals surface area contributed by atoms with Crippen molar-refractivity contribution in [3.05, 3.63) is 66.1 Å². The van der Waals surface area contributed by atoms with Gasteiger partial charge in [-0.05, 0) is 46.6 Å². The van der Waals surface area contributed by atoms with Crippen LogP contribution in [0.15, 0.2) is 42.5 Å². The zero-order valence-electron chi connectivity index (χ0n) is 12.4. The third-order valence-electron chi connectivity index (χ3n) is 3.67. The summed E-state index contributed by atoms with van der Waals surface area (Å²) in [6.07, 6.45) is 0. The molecular weight excluding hydrogens is 228 g/mol. The number of hydrogen-bond acceptors (Lipinski definition) is 0. The fourth-order valence-electron chi connectivity index (χ4n) is 2.55. The van der Waals surface area contributed by atoms with Crippen LogP contribution in [-0.2, 0) is 0 Å². The number of rotatable bonds is 3. The van der Waals surface area contributed by atoms with Crippen molar-refractivity contribution in [1.82, 2.24) is 0 Å². The van der Waals surface area contributed by atoms with E-state index in [-0.39, 0.29) is 0 Å². The fraction of sp³-hybridized carbons (Fsp3) is 0.316. The fourth-order valence-corrected chi connectivity index (χ4v) is 2.55. The van der Waals surface area contributed by atoms with E-state index in [0.717, 1.165) is 0 Å². The molecule has 0 heterocycles. The van der Waals surface area contributed by atoms with Crippen molar-refractivity contribution >= 4 is 0 Å². The summed E-state index contributed by atoms with van der Waals surface area (Å²) in [6.45, 7) is 13.3. The maximum atomic E-state index is 4.30. The van der Waals surface area contributed by atoms with Crippen molar-refractivity contribution in [2.45, 2.75) is 39.5 Å². The molecule has 0 saturated carbocycles. The zero-order chi connectivity index (χ0) is 14.0. The molecule has 0 nitrogen and oxygen atoms in total. The highest BCUT2D eigenvalue weighted by atomic mass is 14.2. The molecule has 0 fully saturated rings. The zero-order valence-corrected chi connectivity index (χ0v) is 12.4. The molecular formula is C19H23. The Labute approximate surface area is 117 Å². The summed E-state index contributed by atoms with van der Waals surface area (Å²) in [6, 6.07) is 15.2. The Hall–Kier alpha value is -1.56. The molecule has 2 aromatic carbocycles. The summed E-state index contributed by atoms with van der Waals surface area (Å²) < 4.78 is 0. The van der Waals surface area contributed by atoms with Crippen LogP contribution in [0.4, 0.5) is 0 Å². The molecule has 0 saturated heterocycles. The van der Waals surface area contributed by atoms with E-state index in [2.05, 4.69) is 77.1 Å². The van der Waals surface area contributed by atoms with Gasteiger partial charge in [0.25, 0.3) is 0 Å². The molecule has 99 valence electrons. The van der Waals surface area contributed by atoms with Crippen molar-refractivity contribution in [2.75, 3.05) is 0 Å².